The predicted octanol–water partition coefficient (Wildman–Crippen LogP) is 4.64. The Labute approximate surface area is 129 Å². The molecule has 0 fully saturated rings. The highest BCUT2D eigenvalue weighted by Crippen LogP contribution is 2.24. The molecule has 0 heterocycles. The molecule has 0 atom stereocenters. The van der Waals surface area contributed by atoms with Crippen molar-refractivity contribution in [2.75, 3.05) is 12.4 Å². The second kappa shape index (κ2) is 10.6. The van der Waals surface area contributed by atoms with Crippen molar-refractivity contribution in [3.63, 3.8) is 0 Å². The Balaban J connectivity index is 2.16. The van der Waals surface area contributed by atoms with Gasteiger partial charge in [0.15, 0.2) is 0 Å². The molecule has 20 heavy (non-hydrogen) atoms. The van der Waals surface area contributed by atoms with Crippen molar-refractivity contribution in [2.24, 2.45) is 4.99 Å². The molecule has 0 radical (unpaired) electrons. The molecule has 0 aliphatic rings. The lowest BCUT2D eigenvalue weighted by molar-refractivity contribution is -0.143. The first kappa shape index (κ1) is 16.9. The summed E-state index contributed by atoms with van der Waals surface area (Å²) in [6.45, 7) is 2.30. The zero-order chi connectivity index (χ0) is 14.6. The number of carbonyl (C=O) groups excluding carboxylic acids is 1. The third kappa shape index (κ3) is 7.43. The van der Waals surface area contributed by atoms with Crippen molar-refractivity contribution in [2.45, 2.75) is 37.5 Å². The van der Waals surface area contributed by atoms with E-state index in [0.29, 0.717) is 13.0 Å². The molecule has 0 aromatic heterocycles. The number of isothiocyanates is 1. The highest BCUT2D eigenvalue weighted by molar-refractivity contribution is 7.99. The predicted molar refractivity (Wildman–Crippen MR) is 87.0 cm³/mol. The summed E-state index contributed by atoms with van der Waals surface area (Å²) in [5.41, 5.74) is 0.840. The Hall–Kier alpha value is -1.16. The van der Waals surface area contributed by atoms with Crippen molar-refractivity contribution in [1.82, 2.24) is 0 Å². The molecule has 1 rings (SSSR count). The second-order valence-electron chi connectivity index (χ2n) is 4.16. The minimum atomic E-state index is -0.0918. The van der Waals surface area contributed by atoms with Crippen molar-refractivity contribution >= 4 is 40.8 Å². The zero-order valence-electron chi connectivity index (χ0n) is 11.6. The molecule has 1 aromatic rings. The Morgan fingerprint density at radius 3 is 3.00 bits per heavy atom. The first-order valence-electron chi connectivity index (χ1n) is 6.72. The van der Waals surface area contributed by atoms with Gasteiger partial charge < -0.3 is 4.74 Å². The van der Waals surface area contributed by atoms with E-state index >= 15 is 0 Å². The van der Waals surface area contributed by atoms with Crippen LogP contribution in [0.4, 0.5) is 5.69 Å². The normalized spacial score (nSPS) is 9.85. The second-order valence-corrected chi connectivity index (χ2v) is 5.52. The van der Waals surface area contributed by atoms with E-state index in [1.54, 1.807) is 11.8 Å². The van der Waals surface area contributed by atoms with Crippen LogP contribution in [-0.2, 0) is 9.53 Å². The first-order chi connectivity index (χ1) is 9.76. The van der Waals surface area contributed by atoms with Gasteiger partial charge in [-0.15, -0.1) is 11.8 Å². The van der Waals surface area contributed by atoms with Crippen LogP contribution in [0.3, 0.4) is 0 Å². The number of ether oxygens (including phenoxy) is 1. The number of hydrogen-bond acceptors (Lipinski definition) is 5. The fraction of sp³-hybridized carbons (Fsp3) is 0.467. The van der Waals surface area contributed by atoms with E-state index < -0.39 is 0 Å². The molecule has 0 spiro atoms. The first-order valence-corrected chi connectivity index (χ1v) is 8.12. The smallest absolute Gasteiger partial charge is 0.305 e. The van der Waals surface area contributed by atoms with Crippen LogP contribution >= 0.6 is 24.0 Å². The van der Waals surface area contributed by atoms with E-state index in [-0.39, 0.29) is 5.97 Å². The topological polar surface area (TPSA) is 38.7 Å². The van der Waals surface area contributed by atoms with Crippen LogP contribution < -0.4 is 0 Å². The summed E-state index contributed by atoms with van der Waals surface area (Å²) in [5, 5.41) is 2.37. The van der Waals surface area contributed by atoms with E-state index in [4.69, 9.17) is 4.74 Å². The number of esters is 1. The molecule has 108 valence electrons. The molecule has 0 aliphatic heterocycles. The van der Waals surface area contributed by atoms with Gasteiger partial charge in [0.1, 0.15) is 0 Å². The SMILES string of the molecule is CCOC(=O)CCCCCSc1cccc(N=C=S)c1. The number of benzene rings is 1. The van der Waals surface area contributed by atoms with Crippen LogP contribution in [0.25, 0.3) is 0 Å². The zero-order valence-corrected chi connectivity index (χ0v) is 13.3. The van der Waals surface area contributed by atoms with Gasteiger partial charge in [0.25, 0.3) is 0 Å². The van der Waals surface area contributed by atoms with Crippen molar-refractivity contribution in [3.05, 3.63) is 24.3 Å². The van der Waals surface area contributed by atoms with Gasteiger partial charge in [-0.05, 0) is 55.9 Å². The number of unbranched alkanes of at least 4 members (excludes halogenated alkanes) is 2. The van der Waals surface area contributed by atoms with E-state index in [2.05, 4.69) is 28.4 Å². The van der Waals surface area contributed by atoms with E-state index in [1.807, 2.05) is 25.1 Å². The monoisotopic (exact) mass is 309 g/mol. The Kier molecular flexibility index (Phi) is 8.96. The van der Waals surface area contributed by atoms with Crippen LogP contribution in [-0.4, -0.2) is 23.5 Å². The average Bonchev–Trinajstić information content (AvgIpc) is 2.44. The van der Waals surface area contributed by atoms with Crippen LogP contribution in [0, 0.1) is 0 Å². The van der Waals surface area contributed by atoms with Crippen LogP contribution in [0.5, 0.6) is 0 Å². The summed E-state index contributed by atoms with van der Waals surface area (Å²) in [6, 6.07) is 7.94. The maximum absolute atomic E-state index is 11.1. The van der Waals surface area contributed by atoms with Gasteiger partial charge in [-0.2, -0.15) is 4.99 Å². The molecule has 0 bridgehead atoms. The van der Waals surface area contributed by atoms with Gasteiger partial charge in [0.05, 0.1) is 17.5 Å². The van der Waals surface area contributed by atoms with Gasteiger partial charge in [0, 0.05) is 11.3 Å². The van der Waals surface area contributed by atoms with Gasteiger partial charge in [-0.3, -0.25) is 4.79 Å². The molecule has 0 aliphatic carbocycles. The lowest BCUT2D eigenvalue weighted by Gasteiger charge is -2.03. The number of carbonyl (C=O) groups is 1. The number of rotatable bonds is 9. The minimum Gasteiger partial charge on any atom is -0.466 e. The quantitative estimate of drug-likeness (QED) is 0.219. The molecule has 3 nitrogen and oxygen atoms in total. The number of aliphatic imine (C=N–C) groups is 1. The van der Waals surface area contributed by atoms with Gasteiger partial charge in [0.2, 0.25) is 0 Å². The molecule has 0 saturated carbocycles. The van der Waals surface area contributed by atoms with Gasteiger partial charge in [-0.25, -0.2) is 0 Å². The fourth-order valence-corrected chi connectivity index (χ4v) is 2.74. The van der Waals surface area contributed by atoms with E-state index in [0.717, 1.165) is 30.7 Å². The Bertz CT molecular complexity index is 471. The molecule has 0 unspecified atom stereocenters. The van der Waals surface area contributed by atoms with Crippen LogP contribution in [0.15, 0.2) is 34.2 Å². The molecular formula is C15H19NO2S2. The van der Waals surface area contributed by atoms with Crippen LogP contribution in [0.2, 0.25) is 0 Å². The summed E-state index contributed by atoms with van der Waals surface area (Å²) in [7, 11) is 0. The minimum absolute atomic E-state index is 0.0918. The lowest BCUT2D eigenvalue weighted by Crippen LogP contribution is -2.03. The van der Waals surface area contributed by atoms with Crippen molar-refractivity contribution < 1.29 is 9.53 Å². The number of hydrogen-bond donors (Lipinski definition) is 0. The maximum Gasteiger partial charge on any atom is 0.305 e. The summed E-state index contributed by atoms with van der Waals surface area (Å²) < 4.78 is 4.88. The standard InChI is InChI=1S/C15H19NO2S2/c1-2-18-15(17)9-4-3-5-10-20-14-8-6-7-13(11-14)16-12-19/h6-8,11H,2-5,9-10H2,1H3. The number of thioether (sulfide) groups is 1. The molecule has 1 aromatic carbocycles. The highest BCUT2D eigenvalue weighted by Gasteiger charge is 2.01. The third-order valence-electron chi connectivity index (χ3n) is 2.59. The largest absolute Gasteiger partial charge is 0.466 e. The maximum atomic E-state index is 11.1. The van der Waals surface area contributed by atoms with Gasteiger partial charge in [-0.1, -0.05) is 12.5 Å². The summed E-state index contributed by atoms with van der Waals surface area (Å²) >= 11 is 6.38. The van der Waals surface area contributed by atoms with E-state index in [1.165, 1.54) is 4.90 Å². The molecule has 0 N–H and O–H groups in total. The van der Waals surface area contributed by atoms with Gasteiger partial charge >= 0.3 is 5.97 Å². The summed E-state index contributed by atoms with van der Waals surface area (Å²) in [4.78, 5) is 16.3. The molecule has 5 heteroatoms. The summed E-state index contributed by atoms with van der Waals surface area (Å²) in [5.74, 6) is 0.944. The molecular weight excluding hydrogens is 290 g/mol. The molecule has 0 amide bonds. The average molecular weight is 309 g/mol. The molecule has 0 saturated heterocycles. The van der Waals surface area contributed by atoms with Crippen molar-refractivity contribution in [1.29, 1.82) is 0 Å². The van der Waals surface area contributed by atoms with E-state index in [9.17, 15) is 4.79 Å². The number of thiocarbonyl (C=S) groups is 1. The third-order valence-corrected chi connectivity index (χ3v) is 3.76. The Morgan fingerprint density at radius 1 is 1.40 bits per heavy atom. The fourth-order valence-electron chi connectivity index (χ4n) is 1.67. The summed E-state index contributed by atoms with van der Waals surface area (Å²) in [6.07, 6.45) is 3.56. The van der Waals surface area contributed by atoms with Crippen molar-refractivity contribution in [3.8, 4) is 0 Å². The highest BCUT2D eigenvalue weighted by atomic mass is 32.2. The number of nitrogens with zero attached hydrogens (tertiary/aromatic N) is 1. The lowest BCUT2D eigenvalue weighted by atomic mass is 10.2. The van der Waals surface area contributed by atoms with Crippen LogP contribution in [0.1, 0.15) is 32.6 Å². The Morgan fingerprint density at radius 2 is 2.25 bits per heavy atom.